The van der Waals surface area contributed by atoms with E-state index in [9.17, 15) is 19.2 Å². The fourth-order valence-corrected chi connectivity index (χ4v) is 9.87. The third-order valence-electron chi connectivity index (χ3n) is 12.0. The van der Waals surface area contributed by atoms with Crippen LogP contribution < -0.4 is 18.9 Å². The van der Waals surface area contributed by atoms with E-state index < -0.39 is 45.5 Å². The SMILES string of the molecule is COC(=O)COc1cc2c(C(C)(C)C)c(c1)Cc1cc(OCC(=O)OC)cc(c1C(C)(C)C)Cc1cc(OCC(=O)OC)cc(c1C(C)(C)C)Cc1cc(OCC(=O)OC)cc(c1C(C)(C)C)C2. The highest BCUT2D eigenvalue weighted by Crippen LogP contribution is 2.44. The number of fused-ring (bicyclic) bond motifs is 8. The van der Waals surface area contributed by atoms with Crippen LogP contribution in [-0.2, 0) is 85.5 Å². The molecule has 0 fully saturated rings. The number of hydrogen-bond acceptors (Lipinski definition) is 12. The van der Waals surface area contributed by atoms with Crippen LogP contribution in [-0.4, -0.2) is 78.7 Å². The van der Waals surface area contributed by atoms with Gasteiger partial charge in [0.05, 0.1) is 28.4 Å². The van der Waals surface area contributed by atoms with Crippen LogP contribution in [0.1, 0.15) is 150 Å². The second-order valence-electron chi connectivity index (χ2n) is 21.6. The van der Waals surface area contributed by atoms with Crippen LogP contribution in [0.25, 0.3) is 0 Å². The smallest absolute Gasteiger partial charge is 0.343 e. The van der Waals surface area contributed by atoms with Gasteiger partial charge in [0.2, 0.25) is 0 Å². The largest absolute Gasteiger partial charge is 0.482 e. The minimum absolute atomic E-state index is 0.286. The van der Waals surface area contributed by atoms with Crippen LogP contribution in [0, 0.1) is 0 Å². The van der Waals surface area contributed by atoms with Gasteiger partial charge in [0.25, 0.3) is 0 Å². The standard InChI is InChI=1S/C56H72O12/c1-53(2,3)49-33-17-35-23-42(66-30-46(58)62-14)25-37(50(35)54(4,5)6)19-39-27-44(68-32-48(60)64-16)28-40(52(39)56(10,11)12)20-38-26-43(67-31-47(59)63-15)24-36(51(38)55(7,8)9)18-34(49)22-41(21-33)65-29-45(57)61-13/h21-28H,17-20,29-32H2,1-16H3. The summed E-state index contributed by atoms with van der Waals surface area (Å²) in [7, 11) is 5.33. The maximum Gasteiger partial charge on any atom is 0.343 e. The fourth-order valence-electron chi connectivity index (χ4n) is 9.87. The van der Waals surface area contributed by atoms with Crippen molar-refractivity contribution in [2.75, 3.05) is 54.9 Å². The molecule has 5 rings (SSSR count). The molecular weight excluding hydrogens is 865 g/mol. The normalized spacial score (nSPS) is 12.9. The Morgan fingerprint density at radius 2 is 0.471 bits per heavy atom. The maximum atomic E-state index is 12.6. The first kappa shape index (κ1) is 52.9. The minimum Gasteiger partial charge on any atom is -0.482 e. The van der Waals surface area contributed by atoms with Gasteiger partial charge in [0.15, 0.2) is 26.4 Å². The second-order valence-corrected chi connectivity index (χ2v) is 21.6. The summed E-state index contributed by atoms with van der Waals surface area (Å²) in [6.07, 6.45) is 1.74. The van der Waals surface area contributed by atoms with Crippen LogP contribution >= 0.6 is 0 Å². The molecule has 0 saturated carbocycles. The Labute approximate surface area is 403 Å². The molecule has 0 radical (unpaired) electrons. The summed E-state index contributed by atoms with van der Waals surface area (Å²) >= 11 is 0. The fraction of sp³-hybridized carbons (Fsp3) is 0.500. The van der Waals surface area contributed by atoms with Crippen LogP contribution in [0.5, 0.6) is 23.0 Å². The van der Waals surface area contributed by atoms with Crippen LogP contribution in [0.15, 0.2) is 48.5 Å². The van der Waals surface area contributed by atoms with E-state index in [2.05, 4.69) is 83.1 Å². The molecule has 0 amide bonds. The topological polar surface area (TPSA) is 142 Å². The van der Waals surface area contributed by atoms with Crippen molar-refractivity contribution in [3.8, 4) is 23.0 Å². The minimum atomic E-state index is -0.510. The molecule has 0 N–H and O–H groups in total. The zero-order valence-electron chi connectivity index (χ0n) is 43.2. The van der Waals surface area contributed by atoms with Crippen LogP contribution in [0.4, 0.5) is 0 Å². The van der Waals surface area contributed by atoms with E-state index in [1.807, 2.05) is 48.5 Å². The molecule has 0 aromatic heterocycles. The number of hydrogen-bond donors (Lipinski definition) is 0. The number of rotatable bonds is 12. The molecule has 0 saturated heterocycles. The Morgan fingerprint density at radius 1 is 0.324 bits per heavy atom. The number of carbonyl (C=O) groups is 4. The summed E-state index contributed by atoms with van der Waals surface area (Å²) in [5, 5.41) is 0. The molecule has 1 aliphatic carbocycles. The molecule has 68 heavy (non-hydrogen) atoms. The van der Waals surface area contributed by atoms with E-state index >= 15 is 0 Å². The summed E-state index contributed by atoms with van der Waals surface area (Å²) in [6, 6.07) is 16.1. The van der Waals surface area contributed by atoms with Crippen molar-refractivity contribution < 1.29 is 57.1 Å². The van der Waals surface area contributed by atoms with Crippen molar-refractivity contribution in [3.63, 3.8) is 0 Å². The van der Waals surface area contributed by atoms with E-state index in [0.29, 0.717) is 48.7 Å². The predicted octanol–water partition coefficient (Wildman–Crippen LogP) is 9.76. The van der Waals surface area contributed by atoms with Crippen molar-refractivity contribution >= 4 is 23.9 Å². The van der Waals surface area contributed by atoms with Crippen molar-refractivity contribution in [1.82, 2.24) is 0 Å². The molecule has 0 spiro atoms. The van der Waals surface area contributed by atoms with Gasteiger partial charge in [-0.05, 0) is 163 Å². The number of ether oxygens (including phenoxy) is 8. The zero-order chi connectivity index (χ0) is 50.5. The van der Waals surface area contributed by atoms with Crippen LogP contribution in [0.2, 0.25) is 0 Å². The van der Waals surface area contributed by atoms with Crippen molar-refractivity contribution in [2.45, 2.75) is 130 Å². The summed E-state index contributed by atoms with van der Waals surface area (Å²) in [5.74, 6) is -0.0206. The molecule has 368 valence electrons. The summed E-state index contributed by atoms with van der Waals surface area (Å²) < 4.78 is 45.0. The molecule has 0 aliphatic heterocycles. The van der Waals surface area contributed by atoms with Crippen molar-refractivity contribution in [3.05, 3.63) is 115 Å². The highest BCUT2D eigenvalue weighted by atomic mass is 16.6. The zero-order valence-corrected chi connectivity index (χ0v) is 43.2. The van der Waals surface area contributed by atoms with Gasteiger partial charge < -0.3 is 37.9 Å². The lowest BCUT2D eigenvalue weighted by Gasteiger charge is -2.34. The number of benzene rings is 4. The van der Waals surface area contributed by atoms with E-state index in [4.69, 9.17) is 37.9 Å². The summed E-state index contributed by atoms with van der Waals surface area (Å²) in [4.78, 5) is 50.3. The molecule has 12 nitrogen and oxygen atoms in total. The average Bonchev–Trinajstić information content (AvgIpc) is 3.23. The first-order valence-electron chi connectivity index (χ1n) is 23.1. The van der Waals surface area contributed by atoms with Gasteiger partial charge >= 0.3 is 23.9 Å². The lowest BCUT2D eigenvalue weighted by Crippen LogP contribution is -2.24. The molecule has 0 atom stereocenters. The van der Waals surface area contributed by atoms with Gasteiger partial charge in [-0.1, -0.05) is 83.1 Å². The Balaban J connectivity index is 2.03. The molecule has 12 heteroatoms. The van der Waals surface area contributed by atoms with Crippen LogP contribution in [0.3, 0.4) is 0 Å². The Kier molecular flexibility index (Phi) is 16.4. The van der Waals surface area contributed by atoms with E-state index in [-0.39, 0.29) is 26.4 Å². The number of esters is 4. The van der Waals surface area contributed by atoms with Crippen molar-refractivity contribution in [1.29, 1.82) is 0 Å². The van der Waals surface area contributed by atoms with Gasteiger partial charge in [0.1, 0.15) is 23.0 Å². The van der Waals surface area contributed by atoms with Gasteiger partial charge in [-0.15, -0.1) is 0 Å². The Morgan fingerprint density at radius 3 is 0.588 bits per heavy atom. The molecule has 0 unspecified atom stereocenters. The molecule has 4 aromatic rings. The van der Waals surface area contributed by atoms with E-state index in [1.54, 1.807) is 0 Å². The number of carbonyl (C=O) groups excluding carboxylic acids is 4. The molecule has 1 aliphatic rings. The summed E-state index contributed by atoms with van der Waals surface area (Å²) in [6.45, 7) is 25.2. The van der Waals surface area contributed by atoms with E-state index in [1.165, 1.54) is 28.4 Å². The quantitative estimate of drug-likeness (QED) is 0.0869. The Hall–Kier alpha value is -6.04. The molecule has 8 bridgehead atoms. The van der Waals surface area contributed by atoms with Gasteiger partial charge in [-0.2, -0.15) is 0 Å². The van der Waals surface area contributed by atoms with Gasteiger partial charge in [0, 0.05) is 0 Å². The lowest BCUT2D eigenvalue weighted by atomic mass is 9.71. The van der Waals surface area contributed by atoms with Gasteiger partial charge in [-0.25, -0.2) is 19.2 Å². The van der Waals surface area contributed by atoms with E-state index in [0.717, 1.165) is 66.8 Å². The Bertz CT molecular complexity index is 2080. The lowest BCUT2D eigenvalue weighted by molar-refractivity contribution is -0.143. The predicted molar refractivity (Wildman–Crippen MR) is 262 cm³/mol. The first-order valence-corrected chi connectivity index (χ1v) is 23.1. The maximum absolute atomic E-state index is 12.6. The average molecular weight is 937 g/mol. The van der Waals surface area contributed by atoms with Crippen molar-refractivity contribution in [2.24, 2.45) is 0 Å². The third-order valence-corrected chi connectivity index (χ3v) is 12.0. The van der Waals surface area contributed by atoms with Gasteiger partial charge in [-0.3, -0.25) is 0 Å². The highest BCUT2D eigenvalue weighted by molar-refractivity contribution is 5.72. The summed E-state index contributed by atoms with van der Waals surface area (Å²) in [5.41, 5.74) is 10.7. The molecular formula is C56H72O12. The monoisotopic (exact) mass is 937 g/mol. The third kappa shape index (κ3) is 13.1. The number of methoxy groups -OCH3 is 4. The highest BCUT2D eigenvalue weighted by Gasteiger charge is 2.33. The first-order chi connectivity index (χ1) is 31.7. The molecule has 0 heterocycles. The second kappa shape index (κ2) is 21.1. The molecule has 4 aromatic carbocycles.